The predicted octanol–water partition coefficient (Wildman–Crippen LogP) is 4.48. The highest BCUT2D eigenvalue weighted by Gasteiger charge is 2.12. The third kappa shape index (κ3) is 4.48. The number of aryl methyl sites for hydroxylation is 1. The molecule has 0 radical (unpaired) electrons. The second kappa shape index (κ2) is 7.67. The minimum atomic E-state index is -2.86. The van der Waals surface area contributed by atoms with E-state index >= 15 is 0 Å². The first-order valence-electron chi connectivity index (χ1n) is 7.06. The van der Waals surface area contributed by atoms with Crippen LogP contribution < -0.4 is 4.74 Å². The summed E-state index contributed by atoms with van der Waals surface area (Å²) in [7, 11) is 0. The first-order valence-corrected chi connectivity index (χ1v) is 7.06. The molecule has 0 aliphatic carbocycles. The van der Waals surface area contributed by atoms with Crippen LogP contribution in [0, 0.1) is 0 Å². The molecule has 112 valence electrons. The molecule has 5 heteroatoms. The van der Waals surface area contributed by atoms with E-state index in [-0.39, 0.29) is 5.75 Å². The van der Waals surface area contributed by atoms with Gasteiger partial charge in [-0.2, -0.15) is 8.78 Å². The molecule has 0 fully saturated rings. The highest BCUT2D eigenvalue weighted by molar-refractivity contribution is 5.63. The van der Waals surface area contributed by atoms with Crippen molar-refractivity contribution < 1.29 is 13.5 Å². The lowest BCUT2D eigenvalue weighted by Gasteiger charge is -2.09. The number of nitrogens with zero attached hydrogens (tertiary/aromatic N) is 2. The van der Waals surface area contributed by atoms with Crippen LogP contribution >= 0.6 is 0 Å². The summed E-state index contributed by atoms with van der Waals surface area (Å²) >= 11 is 0. The van der Waals surface area contributed by atoms with Crippen molar-refractivity contribution in [2.24, 2.45) is 0 Å². The molecule has 2 aromatic rings. The minimum absolute atomic E-state index is 0.0891. The Balaban J connectivity index is 2.15. The van der Waals surface area contributed by atoms with Crippen LogP contribution in [0.4, 0.5) is 8.78 Å². The van der Waals surface area contributed by atoms with E-state index in [0.29, 0.717) is 11.4 Å². The van der Waals surface area contributed by atoms with Crippen molar-refractivity contribution in [1.29, 1.82) is 0 Å². The van der Waals surface area contributed by atoms with Crippen LogP contribution in [-0.2, 0) is 6.42 Å². The lowest BCUT2D eigenvalue weighted by atomic mass is 10.1. The summed E-state index contributed by atoms with van der Waals surface area (Å²) in [5.41, 5.74) is 1.53. The maximum Gasteiger partial charge on any atom is 0.387 e. The van der Waals surface area contributed by atoms with Gasteiger partial charge in [0.1, 0.15) is 5.75 Å². The number of rotatable bonds is 7. The first-order chi connectivity index (χ1) is 10.2. The van der Waals surface area contributed by atoms with Crippen LogP contribution in [0.3, 0.4) is 0 Å². The minimum Gasteiger partial charge on any atom is -0.434 e. The normalized spacial score (nSPS) is 10.9. The van der Waals surface area contributed by atoms with Gasteiger partial charge in [-0.15, -0.1) is 0 Å². The highest BCUT2D eigenvalue weighted by Crippen LogP contribution is 2.28. The van der Waals surface area contributed by atoms with Gasteiger partial charge in [0.05, 0.1) is 5.56 Å². The van der Waals surface area contributed by atoms with Crippen LogP contribution in [-0.4, -0.2) is 16.6 Å². The van der Waals surface area contributed by atoms with Crippen molar-refractivity contribution in [3.63, 3.8) is 0 Å². The quantitative estimate of drug-likeness (QED) is 0.706. The van der Waals surface area contributed by atoms with Crippen molar-refractivity contribution in [1.82, 2.24) is 9.97 Å². The Morgan fingerprint density at radius 1 is 1.10 bits per heavy atom. The van der Waals surface area contributed by atoms with Gasteiger partial charge in [0.2, 0.25) is 0 Å². The number of hydrogen-bond acceptors (Lipinski definition) is 3. The van der Waals surface area contributed by atoms with E-state index in [0.717, 1.165) is 24.8 Å². The molecule has 21 heavy (non-hydrogen) atoms. The number of unbranched alkanes of at least 4 members (excludes halogenated alkanes) is 2. The SMILES string of the molecule is CCCCCc1cnc(-c2ccccc2OC(F)F)nc1. The molecule has 0 saturated heterocycles. The van der Waals surface area contributed by atoms with Crippen LogP contribution in [0.2, 0.25) is 0 Å². The largest absolute Gasteiger partial charge is 0.434 e. The Morgan fingerprint density at radius 3 is 2.48 bits per heavy atom. The van der Waals surface area contributed by atoms with E-state index in [1.165, 1.54) is 12.5 Å². The van der Waals surface area contributed by atoms with Gasteiger partial charge in [-0.3, -0.25) is 0 Å². The van der Waals surface area contributed by atoms with Crippen LogP contribution in [0.1, 0.15) is 31.7 Å². The van der Waals surface area contributed by atoms with Crippen LogP contribution in [0.15, 0.2) is 36.7 Å². The Hall–Kier alpha value is -2.04. The number of alkyl halides is 2. The zero-order valence-electron chi connectivity index (χ0n) is 11.9. The molecule has 0 saturated carbocycles. The summed E-state index contributed by atoms with van der Waals surface area (Å²) in [4.78, 5) is 8.52. The van der Waals surface area contributed by atoms with Gasteiger partial charge >= 0.3 is 6.61 Å². The summed E-state index contributed by atoms with van der Waals surface area (Å²) in [6, 6.07) is 6.54. The van der Waals surface area contributed by atoms with E-state index < -0.39 is 6.61 Å². The molecule has 0 unspecified atom stereocenters. The van der Waals surface area contributed by atoms with Crippen molar-refractivity contribution in [2.45, 2.75) is 39.2 Å². The molecular weight excluding hydrogens is 274 g/mol. The standard InChI is InChI=1S/C16H18F2N2O/c1-2-3-4-7-12-10-19-15(20-11-12)13-8-5-6-9-14(13)21-16(17)18/h5-6,8-11,16H,2-4,7H2,1H3. The van der Waals surface area contributed by atoms with E-state index in [2.05, 4.69) is 21.6 Å². The van der Waals surface area contributed by atoms with Gasteiger partial charge in [0, 0.05) is 12.4 Å². The second-order valence-electron chi connectivity index (χ2n) is 4.75. The van der Waals surface area contributed by atoms with Gasteiger partial charge in [0.25, 0.3) is 0 Å². The number of para-hydroxylation sites is 1. The number of ether oxygens (including phenoxy) is 1. The van der Waals surface area contributed by atoms with Crippen molar-refractivity contribution in [2.75, 3.05) is 0 Å². The van der Waals surface area contributed by atoms with E-state index in [1.54, 1.807) is 30.6 Å². The molecule has 0 atom stereocenters. The first kappa shape index (κ1) is 15.4. The zero-order valence-corrected chi connectivity index (χ0v) is 11.9. The van der Waals surface area contributed by atoms with Crippen LogP contribution in [0.25, 0.3) is 11.4 Å². The summed E-state index contributed by atoms with van der Waals surface area (Å²) < 4.78 is 29.3. The monoisotopic (exact) mass is 292 g/mol. The molecule has 0 aliphatic rings. The number of hydrogen-bond donors (Lipinski definition) is 0. The Kier molecular flexibility index (Phi) is 5.60. The molecule has 3 nitrogen and oxygen atoms in total. The van der Waals surface area contributed by atoms with Gasteiger partial charge in [-0.25, -0.2) is 9.97 Å². The molecule has 0 spiro atoms. The maximum atomic E-state index is 12.4. The lowest BCUT2D eigenvalue weighted by Crippen LogP contribution is -2.04. The number of halogens is 2. The number of benzene rings is 1. The van der Waals surface area contributed by atoms with Crippen LogP contribution in [0.5, 0.6) is 5.75 Å². The Bertz CT molecular complexity index is 558. The third-order valence-corrected chi connectivity index (χ3v) is 3.12. The average molecular weight is 292 g/mol. The Morgan fingerprint density at radius 2 is 1.81 bits per heavy atom. The summed E-state index contributed by atoms with van der Waals surface area (Å²) in [5, 5.41) is 0. The molecular formula is C16H18F2N2O. The fourth-order valence-corrected chi connectivity index (χ4v) is 2.05. The van der Waals surface area contributed by atoms with Gasteiger partial charge in [0.15, 0.2) is 5.82 Å². The molecule has 1 heterocycles. The van der Waals surface area contributed by atoms with Gasteiger partial charge in [-0.05, 0) is 30.5 Å². The van der Waals surface area contributed by atoms with Crippen molar-refractivity contribution in [3.8, 4) is 17.1 Å². The smallest absolute Gasteiger partial charge is 0.387 e. The summed E-state index contributed by atoms with van der Waals surface area (Å²) in [5.74, 6) is 0.483. The lowest BCUT2D eigenvalue weighted by molar-refractivity contribution is -0.0494. The summed E-state index contributed by atoms with van der Waals surface area (Å²) in [6.07, 6.45) is 7.87. The fraction of sp³-hybridized carbons (Fsp3) is 0.375. The van der Waals surface area contributed by atoms with Crippen molar-refractivity contribution in [3.05, 3.63) is 42.2 Å². The highest BCUT2D eigenvalue weighted by atomic mass is 19.3. The summed E-state index contributed by atoms with van der Waals surface area (Å²) in [6.45, 7) is -0.709. The predicted molar refractivity (Wildman–Crippen MR) is 77.3 cm³/mol. The third-order valence-electron chi connectivity index (χ3n) is 3.12. The molecule has 0 amide bonds. The van der Waals surface area contributed by atoms with Gasteiger partial charge in [-0.1, -0.05) is 31.9 Å². The molecule has 0 aliphatic heterocycles. The number of aromatic nitrogens is 2. The fourth-order valence-electron chi connectivity index (χ4n) is 2.05. The molecule has 1 aromatic heterocycles. The molecule has 1 aromatic carbocycles. The maximum absolute atomic E-state index is 12.4. The Labute approximate surface area is 123 Å². The second-order valence-corrected chi connectivity index (χ2v) is 4.75. The van der Waals surface area contributed by atoms with E-state index in [4.69, 9.17) is 0 Å². The average Bonchev–Trinajstić information content (AvgIpc) is 2.48. The van der Waals surface area contributed by atoms with Gasteiger partial charge < -0.3 is 4.74 Å². The topological polar surface area (TPSA) is 35.0 Å². The molecule has 2 rings (SSSR count). The van der Waals surface area contributed by atoms with E-state index in [9.17, 15) is 8.78 Å². The molecule has 0 bridgehead atoms. The zero-order chi connectivity index (χ0) is 15.1. The van der Waals surface area contributed by atoms with E-state index in [1.807, 2.05) is 0 Å². The van der Waals surface area contributed by atoms with Crippen molar-refractivity contribution >= 4 is 0 Å². The molecule has 0 N–H and O–H groups in total.